The first-order chi connectivity index (χ1) is 32.9. The number of aliphatic hydroxyl groups excluding tert-OH is 1. The van der Waals surface area contributed by atoms with Crippen molar-refractivity contribution in [3.63, 3.8) is 0 Å². The van der Waals surface area contributed by atoms with Gasteiger partial charge >= 0.3 is 18.1 Å². The summed E-state index contributed by atoms with van der Waals surface area (Å²) >= 11 is 0. The number of carbonyl (C=O) groups excluding carboxylic acids is 2. The van der Waals surface area contributed by atoms with E-state index in [1.54, 1.807) is 24.1 Å². The maximum atomic E-state index is 13.0. The van der Waals surface area contributed by atoms with Crippen LogP contribution in [0.15, 0.2) is 53.3 Å². The van der Waals surface area contributed by atoms with Gasteiger partial charge in [-0.05, 0) is 49.6 Å². The highest BCUT2D eigenvalue weighted by atomic mass is 33.1. The fraction of sp³-hybridized carbons (Fsp3) is 0.467. The summed E-state index contributed by atoms with van der Waals surface area (Å²) in [5, 5.41) is 42.7. The van der Waals surface area contributed by atoms with Crippen LogP contribution in [-0.4, -0.2) is 133 Å². The molecule has 0 aliphatic carbocycles. The van der Waals surface area contributed by atoms with Crippen molar-refractivity contribution in [3.05, 3.63) is 70.3 Å². The number of hydrogen-bond donors (Lipinski definition) is 10. The minimum Gasteiger partial charge on any atom is -0.480 e. The zero-order valence-electron chi connectivity index (χ0n) is 38.9. The lowest BCUT2D eigenvalue weighted by Crippen LogP contribution is -2.48. The second-order valence-corrected chi connectivity index (χ2v) is 20.2. The predicted molar refractivity (Wildman–Crippen MR) is 269 cm³/mol. The molecule has 22 nitrogen and oxygen atoms in total. The summed E-state index contributed by atoms with van der Waals surface area (Å²) in [6.45, 7) is 7.60. The van der Waals surface area contributed by atoms with Crippen molar-refractivity contribution in [2.45, 2.75) is 83.8 Å². The zero-order chi connectivity index (χ0) is 49.8. The number of nitrogens with two attached hydrogens (primary N) is 2. The van der Waals surface area contributed by atoms with Crippen LogP contribution >= 0.6 is 10.8 Å². The van der Waals surface area contributed by atoms with Crippen LogP contribution in [0, 0.1) is 5.41 Å². The van der Waals surface area contributed by atoms with Gasteiger partial charge in [0, 0.05) is 65.9 Å². The number of thiol groups is 1. The summed E-state index contributed by atoms with van der Waals surface area (Å²) in [5.41, 5.74) is 14.7. The fourth-order valence-corrected chi connectivity index (χ4v) is 9.90. The molecule has 4 atom stereocenters. The number of nitrogens with one attached hydrogen (secondary N) is 5. The lowest BCUT2D eigenvalue weighted by molar-refractivity contribution is -0.141. The van der Waals surface area contributed by atoms with Crippen LogP contribution in [0.2, 0.25) is 0 Å². The Kier molecular flexibility index (Phi) is 17.8. The Balaban J connectivity index is 0.884. The molecule has 12 N–H and O–H groups in total. The lowest BCUT2D eigenvalue weighted by Gasteiger charge is -2.35. The van der Waals surface area contributed by atoms with Gasteiger partial charge in [-0.15, -0.1) is 0 Å². The van der Waals surface area contributed by atoms with E-state index in [1.165, 1.54) is 22.9 Å². The molecule has 4 unspecified atom stereocenters. The van der Waals surface area contributed by atoms with Crippen LogP contribution in [0.1, 0.15) is 62.6 Å². The number of hydrogen-bond acceptors (Lipinski definition) is 18. The van der Waals surface area contributed by atoms with E-state index < -0.39 is 47.7 Å². The van der Waals surface area contributed by atoms with Gasteiger partial charge in [-0.25, -0.2) is 19.6 Å². The molecule has 5 aromatic rings. The van der Waals surface area contributed by atoms with Crippen LogP contribution < -0.4 is 43.2 Å². The quantitative estimate of drug-likeness (QED) is 0.0100. The smallest absolute Gasteiger partial charge is 0.480 e. The highest BCUT2D eigenvalue weighted by Crippen LogP contribution is 2.32. The molecule has 3 aromatic heterocycles. The number of unbranched alkanes of at least 4 members (excludes halogenated alkanes) is 1. The third-order valence-corrected chi connectivity index (χ3v) is 14.0. The number of carboxylic acid groups (broad SMARTS) is 2. The maximum Gasteiger partial charge on any atom is 0.508 e. The number of aromatic amines is 1. The number of nitrogen functional groups attached to an aromatic ring is 2. The number of aromatic nitrogens is 5. The number of fused-ring (bicyclic) bond motifs is 4. The third kappa shape index (κ3) is 13.8. The van der Waals surface area contributed by atoms with Crippen molar-refractivity contribution in [1.82, 2.24) is 35.1 Å². The summed E-state index contributed by atoms with van der Waals surface area (Å²) in [7, 11) is 3.72. The van der Waals surface area contributed by atoms with E-state index >= 15 is 0 Å². The number of likely N-dealkylation sites (N-methyl/N-ethyl adjacent to an activating group) is 1. The average molecular weight is 994 g/mol. The topological polar surface area (TPSA) is 327 Å². The first-order valence-electron chi connectivity index (χ1n) is 22.5. The van der Waals surface area contributed by atoms with Gasteiger partial charge < -0.3 is 61.7 Å². The first-order valence-corrected chi connectivity index (χ1v) is 25.1. The number of H-pyrrole nitrogens is 1. The minimum absolute atomic E-state index is 0.0170. The van der Waals surface area contributed by atoms with Gasteiger partial charge in [-0.2, -0.15) is 4.98 Å². The summed E-state index contributed by atoms with van der Waals surface area (Å²) < 4.78 is 13.0. The third-order valence-electron chi connectivity index (χ3n) is 11.4. The van der Waals surface area contributed by atoms with E-state index in [2.05, 4.69) is 47.7 Å². The standard InChI is InChI=1S/C45H60N12O10S2/c1-5-6-11-32-53-34-35(28-9-7-8-10-29(28)51-37(34)46)57(32)23-45(2,3)24-67-44(65)66-18-19-68-69-22-31(42(63)64)50-33(58)17-16-30(41(61)62)52-39(59)25-12-14-26(15-13-25)48-20-27-21-49-38-36(56(27)4)40(60)55-43(47)54-38/h7-10,12-15,27,30-31,33,48,50,58H,5-6,11,16-24H2,1-4H3,(H2,46,51)(H,52,59)(H,61,62)(H,63,64)(H4,47,49,54,55,60)/p+1. The van der Waals surface area contributed by atoms with Crippen molar-refractivity contribution in [3.8, 4) is 0 Å². The van der Waals surface area contributed by atoms with Gasteiger partial charge in [-0.3, -0.25) is 24.7 Å². The molecule has 0 saturated heterocycles. The van der Waals surface area contributed by atoms with Gasteiger partial charge in [0.2, 0.25) is 5.95 Å². The van der Waals surface area contributed by atoms with Gasteiger partial charge in [0.25, 0.3) is 11.5 Å². The van der Waals surface area contributed by atoms with E-state index in [4.69, 9.17) is 25.9 Å². The molecule has 1 aliphatic rings. The molecule has 24 heteroatoms. The van der Waals surface area contributed by atoms with Crippen molar-refractivity contribution in [2.24, 2.45) is 5.41 Å². The molecular formula is C45H61N12O10S2+. The number of pyridine rings is 1. The Labute approximate surface area is 405 Å². The minimum atomic E-state index is -1.39. The fourth-order valence-electron chi connectivity index (χ4n) is 7.72. The Hall–Kier alpha value is -6.50. The number of nitrogens with zero attached hydrogens (tertiary/aromatic N) is 5. The monoisotopic (exact) mass is 993 g/mol. The predicted octanol–water partition coefficient (Wildman–Crippen LogP) is 3.18. The van der Waals surface area contributed by atoms with Crippen LogP contribution in [0.4, 0.5) is 33.8 Å². The molecule has 0 bridgehead atoms. The van der Waals surface area contributed by atoms with E-state index in [-0.39, 0.29) is 54.9 Å². The average Bonchev–Trinajstić information content (AvgIpc) is 3.66. The molecule has 0 saturated carbocycles. The number of imidazole rings is 1. The van der Waals surface area contributed by atoms with Crippen LogP contribution in [0.25, 0.3) is 21.9 Å². The Morgan fingerprint density at radius 2 is 1.75 bits per heavy atom. The molecule has 6 rings (SSSR count). The number of aliphatic hydroxyl groups is 1. The largest absolute Gasteiger partial charge is 0.508 e. The number of anilines is 5. The number of amides is 1. The molecule has 1 aliphatic heterocycles. The zero-order valence-corrected chi connectivity index (χ0v) is 40.6. The molecular weight excluding hydrogens is 933 g/mol. The van der Waals surface area contributed by atoms with Crippen LogP contribution in [-0.2, 0) is 42.8 Å². The molecule has 0 fully saturated rings. The number of para-hydroxylation sites is 1. The molecule has 1 amide bonds. The van der Waals surface area contributed by atoms with Crippen LogP contribution in [0.5, 0.6) is 0 Å². The summed E-state index contributed by atoms with van der Waals surface area (Å²) in [6, 6.07) is 11.5. The Bertz CT molecular complexity index is 2670. The van der Waals surface area contributed by atoms with Gasteiger partial charge in [-0.1, -0.05) is 45.4 Å². The number of ether oxygens (including phenoxy) is 2. The van der Waals surface area contributed by atoms with E-state index in [9.17, 15) is 39.3 Å². The highest BCUT2D eigenvalue weighted by Gasteiger charge is 2.30. The normalized spacial score (nSPS) is 14.9. The number of benzene rings is 2. The van der Waals surface area contributed by atoms with Crippen molar-refractivity contribution < 1.29 is 44.0 Å². The molecule has 0 spiro atoms. The Morgan fingerprint density at radius 3 is 2.48 bits per heavy atom. The van der Waals surface area contributed by atoms with Crippen molar-refractivity contribution >= 4 is 96.5 Å². The number of carbonyl (C=O) groups is 4. The summed E-state index contributed by atoms with van der Waals surface area (Å²) in [4.78, 5) is 80.0. The molecule has 4 heterocycles. The molecule has 69 heavy (non-hydrogen) atoms. The van der Waals surface area contributed by atoms with E-state index in [1.807, 2.05) is 38.1 Å². The SMILES string of the molecule is CCCCc1nc2c(N)nc3ccccc3c2n1CC(C)(C)COC(=O)OCCS[SH+]CC(NC(O)CCC(NC(=O)c1ccc(NCC2CNc3nc(N)[nH]c(=O)c3N2C)cc1)C(=O)O)C(=O)O. The molecule has 0 radical (unpaired) electrons. The van der Waals surface area contributed by atoms with Crippen molar-refractivity contribution in [2.75, 3.05) is 71.9 Å². The second-order valence-electron chi connectivity index (χ2n) is 17.4. The van der Waals surface area contributed by atoms with Gasteiger partial charge in [0.1, 0.15) is 48.3 Å². The van der Waals surface area contributed by atoms with Gasteiger partial charge in [0.15, 0.2) is 17.7 Å². The van der Waals surface area contributed by atoms with Crippen LogP contribution in [0.3, 0.4) is 0 Å². The Morgan fingerprint density at radius 1 is 1.01 bits per heavy atom. The molecule has 372 valence electrons. The van der Waals surface area contributed by atoms with E-state index in [0.29, 0.717) is 64.7 Å². The second kappa shape index (κ2) is 23.7. The summed E-state index contributed by atoms with van der Waals surface area (Å²) in [5.74, 6) is -1.10. The lowest BCUT2D eigenvalue weighted by atomic mass is 9.94. The summed E-state index contributed by atoms with van der Waals surface area (Å²) in [6.07, 6.45) is 0.107. The molecule has 2 aromatic carbocycles. The van der Waals surface area contributed by atoms with Gasteiger partial charge in [0.05, 0.1) is 33.6 Å². The van der Waals surface area contributed by atoms with Crippen molar-refractivity contribution in [1.29, 1.82) is 0 Å². The first kappa shape index (κ1) is 51.9. The number of aliphatic carboxylic acids is 2. The number of carboxylic acids is 2. The highest BCUT2D eigenvalue weighted by molar-refractivity contribution is 8.66. The number of rotatable bonds is 25. The number of aryl methyl sites for hydroxylation is 1. The van der Waals surface area contributed by atoms with E-state index in [0.717, 1.165) is 41.5 Å². The maximum absolute atomic E-state index is 13.0.